The van der Waals surface area contributed by atoms with E-state index in [4.69, 9.17) is 21.1 Å². The number of nitrogens with zero attached hydrogens (tertiary/aromatic N) is 2. The van der Waals surface area contributed by atoms with Gasteiger partial charge in [-0.05, 0) is 43.3 Å². The van der Waals surface area contributed by atoms with E-state index in [1.165, 1.54) is 26.0 Å². The highest BCUT2D eigenvalue weighted by atomic mass is 35.5. The van der Waals surface area contributed by atoms with Gasteiger partial charge in [-0.1, -0.05) is 23.7 Å². The predicted molar refractivity (Wildman–Crippen MR) is 118 cm³/mol. The van der Waals surface area contributed by atoms with E-state index in [1.807, 2.05) is 0 Å². The van der Waals surface area contributed by atoms with Crippen molar-refractivity contribution in [3.05, 3.63) is 70.2 Å². The fourth-order valence-electron chi connectivity index (χ4n) is 2.77. The molecule has 1 amide bonds. The van der Waals surface area contributed by atoms with Gasteiger partial charge < -0.3 is 9.47 Å². The summed E-state index contributed by atoms with van der Waals surface area (Å²) in [5, 5.41) is 2.16. The zero-order chi connectivity index (χ0) is 24.2. The van der Waals surface area contributed by atoms with E-state index >= 15 is 0 Å². The first-order valence-corrected chi connectivity index (χ1v) is 10.8. The summed E-state index contributed by atoms with van der Waals surface area (Å²) in [6.45, 7) is 2.53. The first-order chi connectivity index (χ1) is 15.5. The van der Waals surface area contributed by atoms with Crippen LogP contribution in [0.2, 0.25) is 5.02 Å². The topological polar surface area (TPSA) is 68.7 Å². The van der Waals surface area contributed by atoms with Crippen molar-refractivity contribution in [1.29, 1.82) is 0 Å². The summed E-state index contributed by atoms with van der Waals surface area (Å²) in [6, 6.07) is 10.9. The van der Waals surface area contributed by atoms with E-state index in [0.29, 0.717) is 16.5 Å². The van der Waals surface area contributed by atoms with Gasteiger partial charge in [0.25, 0.3) is 0 Å². The Labute approximate surface area is 196 Å². The van der Waals surface area contributed by atoms with Gasteiger partial charge in [0.2, 0.25) is 5.91 Å². The molecule has 174 valence electrons. The lowest BCUT2D eigenvalue weighted by molar-refractivity contribution is -0.152. The standard InChI is InChI=1S/C22H18ClF3N2O4S/c1-13(32-19-8-4-6-16(23)10-19)20(30)31-11-17-12-33-21(27-17)28(14(2)29)18-7-3-5-15(9-18)22(24,25)26/h3-10,12-13H,11H2,1-2H3. The Morgan fingerprint density at radius 3 is 2.58 bits per heavy atom. The van der Waals surface area contributed by atoms with Gasteiger partial charge in [-0.2, -0.15) is 13.2 Å². The third-order valence-corrected chi connectivity index (χ3v) is 5.39. The number of carbonyl (C=O) groups is 2. The van der Waals surface area contributed by atoms with Crippen LogP contribution in [0.1, 0.15) is 25.1 Å². The van der Waals surface area contributed by atoms with Gasteiger partial charge in [-0.3, -0.25) is 9.69 Å². The Bertz CT molecular complexity index is 1150. The number of carbonyl (C=O) groups excluding carboxylic acids is 2. The fourth-order valence-corrected chi connectivity index (χ4v) is 3.82. The lowest BCUT2D eigenvalue weighted by Gasteiger charge is -2.19. The SMILES string of the molecule is CC(=O)N(c1cccc(C(F)(F)F)c1)c1nc(COC(=O)C(C)Oc2cccc(Cl)c2)cs1. The second kappa shape index (κ2) is 10.2. The van der Waals surface area contributed by atoms with Crippen molar-refractivity contribution in [3.8, 4) is 5.75 Å². The van der Waals surface area contributed by atoms with Crippen molar-refractivity contribution >= 4 is 45.6 Å². The van der Waals surface area contributed by atoms with Crippen molar-refractivity contribution in [3.63, 3.8) is 0 Å². The third-order valence-electron chi connectivity index (χ3n) is 4.28. The highest BCUT2D eigenvalue weighted by molar-refractivity contribution is 7.14. The number of halogens is 4. The van der Waals surface area contributed by atoms with E-state index in [2.05, 4.69) is 4.98 Å². The van der Waals surface area contributed by atoms with Gasteiger partial charge in [0, 0.05) is 17.3 Å². The molecule has 0 saturated heterocycles. The molecule has 0 spiro atoms. The van der Waals surface area contributed by atoms with Crippen LogP contribution in [-0.2, 0) is 27.1 Å². The van der Waals surface area contributed by atoms with Crippen LogP contribution in [0.15, 0.2) is 53.9 Å². The first kappa shape index (κ1) is 24.5. The molecule has 3 aromatic rings. The van der Waals surface area contributed by atoms with Gasteiger partial charge in [0.15, 0.2) is 11.2 Å². The zero-order valence-corrected chi connectivity index (χ0v) is 19.0. The molecular formula is C22H18ClF3N2O4S. The monoisotopic (exact) mass is 498 g/mol. The van der Waals surface area contributed by atoms with Crippen LogP contribution in [0.25, 0.3) is 0 Å². The average molecular weight is 499 g/mol. The van der Waals surface area contributed by atoms with Crippen molar-refractivity contribution in [2.75, 3.05) is 4.90 Å². The molecule has 0 bridgehead atoms. The lowest BCUT2D eigenvalue weighted by Crippen LogP contribution is -2.26. The van der Waals surface area contributed by atoms with Gasteiger partial charge in [-0.25, -0.2) is 9.78 Å². The van der Waals surface area contributed by atoms with E-state index in [-0.39, 0.29) is 17.4 Å². The molecule has 1 heterocycles. The summed E-state index contributed by atoms with van der Waals surface area (Å²) >= 11 is 6.92. The number of hydrogen-bond donors (Lipinski definition) is 0. The minimum absolute atomic E-state index is 0.0266. The highest BCUT2D eigenvalue weighted by Gasteiger charge is 2.31. The molecule has 0 fully saturated rings. The van der Waals surface area contributed by atoms with Crippen LogP contribution in [0.4, 0.5) is 24.0 Å². The molecule has 0 radical (unpaired) electrons. The van der Waals surface area contributed by atoms with Crippen molar-refractivity contribution in [2.24, 2.45) is 0 Å². The summed E-state index contributed by atoms with van der Waals surface area (Å²) < 4.78 is 49.9. The second-order valence-electron chi connectivity index (χ2n) is 6.85. The number of thiazole rings is 1. The van der Waals surface area contributed by atoms with E-state index < -0.39 is 29.7 Å². The Hall–Kier alpha value is -3.11. The van der Waals surface area contributed by atoms with Gasteiger partial charge in [0.1, 0.15) is 12.4 Å². The molecule has 33 heavy (non-hydrogen) atoms. The molecule has 1 unspecified atom stereocenters. The van der Waals surface area contributed by atoms with E-state index in [0.717, 1.165) is 28.4 Å². The number of esters is 1. The van der Waals surface area contributed by atoms with Crippen LogP contribution < -0.4 is 9.64 Å². The quantitative estimate of drug-likeness (QED) is 0.373. The Kier molecular flexibility index (Phi) is 7.60. The smallest absolute Gasteiger partial charge is 0.416 e. The number of alkyl halides is 3. The minimum atomic E-state index is -4.55. The summed E-state index contributed by atoms with van der Waals surface area (Å²) in [5.41, 5.74) is -0.527. The van der Waals surface area contributed by atoms with Crippen LogP contribution in [-0.4, -0.2) is 23.0 Å². The highest BCUT2D eigenvalue weighted by Crippen LogP contribution is 2.35. The van der Waals surface area contributed by atoms with Gasteiger partial charge in [-0.15, -0.1) is 11.3 Å². The average Bonchev–Trinajstić information content (AvgIpc) is 3.19. The van der Waals surface area contributed by atoms with Crippen LogP contribution in [0, 0.1) is 0 Å². The summed E-state index contributed by atoms with van der Waals surface area (Å²) in [5.74, 6) is -0.761. The molecule has 0 saturated carbocycles. The van der Waals surface area contributed by atoms with E-state index in [9.17, 15) is 22.8 Å². The largest absolute Gasteiger partial charge is 0.479 e. The Morgan fingerprint density at radius 1 is 1.18 bits per heavy atom. The first-order valence-electron chi connectivity index (χ1n) is 9.56. The molecule has 2 aromatic carbocycles. The van der Waals surface area contributed by atoms with Crippen LogP contribution in [0.3, 0.4) is 0 Å². The maximum atomic E-state index is 13.1. The summed E-state index contributed by atoms with van der Waals surface area (Å²) in [4.78, 5) is 29.7. The molecule has 0 aliphatic carbocycles. The molecule has 11 heteroatoms. The molecule has 0 aliphatic heterocycles. The fraction of sp³-hybridized carbons (Fsp3) is 0.227. The number of rotatable bonds is 7. The molecule has 3 rings (SSSR count). The zero-order valence-electron chi connectivity index (χ0n) is 17.4. The normalized spacial score (nSPS) is 12.2. The number of amides is 1. The number of anilines is 2. The lowest BCUT2D eigenvalue weighted by atomic mass is 10.2. The number of benzene rings is 2. The molecule has 1 atom stereocenters. The van der Waals surface area contributed by atoms with Crippen molar-refractivity contribution < 1.29 is 32.2 Å². The molecule has 6 nitrogen and oxygen atoms in total. The van der Waals surface area contributed by atoms with Crippen molar-refractivity contribution in [2.45, 2.75) is 32.7 Å². The van der Waals surface area contributed by atoms with Crippen molar-refractivity contribution in [1.82, 2.24) is 4.98 Å². The summed E-state index contributed by atoms with van der Waals surface area (Å²) in [7, 11) is 0. The number of ether oxygens (including phenoxy) is 2. The third kappa shape index (κ3) is 6.45. The molecule has 0 aliphatic rings. The van der Waals surface area contributed by atoms with Gasteiger partial charge in [0.05, 0.1) is 16.9 Å². The molecular weight excluding hydrogens is 481 g/mol. The maximum absolute atomic E-state index is 13.1. The minimum Gasteiger partial charge on any atom is -0.479 e. The van der Waals surface area contributed by atoms with Crippen LogP contribution in [0.5, 0.6) is 5.75 Å². The van der Waals surface area contributed by atoms with Crippen LogP contribution >= 0.6 is 22.9 Å². The second-order valence-corrected chi connectivity index (χ2v) is 8.12. The molecule has 1 aromatic heterocycles. The number of hydrogen-bond acceptors (Lipinski definition) is 6. The van der Waals surface area contributed by atoms with E-state index in [1.54, 1.807) is 29.6 Å². The maximum Gasteiger partial charge on any atom is 0.416 e. The Balaban J connectivity index is 1.67. The molecule has 0 N–H and O–H groups in total. The predicted octanol–water partition coefficient (Wildman–Crippen LogP) is 6.01. The summed E-state index contributed by atoms with van der Waals surface area (Å²) in [6.07, 6.45) is -5.47. The number of aromatic nitrogens is 1. The Morgan fingerprint density at radius 2 is 1.91 bits per heavy atom. The van der Waals surface area contributed by atoms with Gasteiger partial charge >= 0.3 is 12.1 Å².